The first-order chi connectivity index (χ1) is 17.8. The van der Waals surface area contributed by atoms with Gasteiger partial charge in [-0.15, -0.1) is 5.10 Å². The van der Waals surface area contributed by atoms with Crippen LogP contribution in [0.3, 0.4) is 0 Å². The SMILES string of the molecule is Cc1cc(Nc2ccc(F)cc2)c(C=N)cc1[C@H]1CN(S(=O)(=O)c2cnn(C)n2)CCN1C1CCCC1. The van der Waals surface area contributed by atoms with Gasteiger partial charge in [0.05, 0.1) is 6.20 Å². The molecule has 37 heavy (non-hydrogen) atoms. The first kappa shape index (κ1) is 25.5. The van der Waals surface area contributed by atoms with Gasteiger partial charge in [-0.05, 0) is 67.3 Å². The van der Waals surface area contributed by atoms with Gasteiger partial charge in [0.2, 0.25) is 5.03 Å². The van der Waals surface area contributed by atoms with Gasteiger partial charge in [-0.25, -0.2) is 12.8 Å². The van der Waals surface area contributed by atoms with Crippen molar-refractivity contribution in [2.45, 2.75) is 49.7 Å². The molecule has 11 heteroatoms. The minimum absolute atomic E-state index is 0.0428. The smallest absolute Gasteiger partial charge is 0.264 e. The van der Waals surface area contributed by atoms with Crippen molar-refractivity contribution in [2.24, 2.45) is 7.05 Å². The lowest BCUT2D eigenvalue weighted by Gasteiger charge is -2.44. The Labute approximate surface area is 216 Å². The number of halogens is 1. The van der Waals surface area contributed by atoms with Crippen LogP contribution in [0.1, 0.15) is 48.4 Å². The number of hydrogen-bond donors (Lipinski definition) is 2. The van der Waals surface area contributed by atoms with E-state index in [-0.39, 0.29) is 16.9 Å². The lowest BCUT2D eigenvalue weighted by atomic mass is 9.93. The van der Waals surface area contributed by atoms with Crippen molar-refractivity contribution < 1.29 is 12.8 Å². The summed E-state index contributed by atoms with van der Waals surface area (Å²) in [7, 11) is -2.18. The molecule has 0 bridgehead atoms. The van der Waals surface area contributed by atoms with E-state index in [0.717, 1.165) is 35.3 Å². The summed E-state index contributed by atoms with van der Waals surface area (Å²) in [5, 5.41) is 19.3. The lowest BCUT2D eigenvalue weighted by molar-refractivity contribution is 0.0745. The van der Waals surface area contributed by atoms with Crippen molar-refractivity contribution in [2.75, 3.05) is 25.0 Å². The molecule has 9 nitrogen and oxygen atoms in total. The minimum Gasteiger partial charge on any atom is -0.355 e. The number of hydrogen-bond acceptors (Lipinski definition) is 7. The molecule has 1 aliphatic carbocycles. The Hall–Kier alpha value is -3.15. The third-order valence-electron chi connectivity index (χ3n) is 7.44. The van der Waals surface area contributed by atoms with E-state index >= 15 is 0 Å². The van der Waals surface area contributed by atoms with Gasteiger partial charge in [0.15, 0.2) is 0 Å². The zero-order chi connectivity index (χ0) is 26.2. The van der Waals surface area contributed by atoms with Crippen LogP contribution in [-0.2, 0) is 17.1 Å². The fraction of sp³-hybridized carbons (Fsp3) is 0.423. The van der Waals surface area contributed by atoms with Crippen LogP contribution < -0.4 is 5.32 Å². The summed E-state index contributed by atoms with van der Waals surface area (Å²) in [6, 6.07) is 10.3. The molecular formula is C26H32FN7O2S. The Morgan fingerprint density at radius 3 is 2.51 bits per heavy atom. The van der Waals surface area contributed by atoms with Crippen LogP contribution in [-0.4, -0.2) is 64.5 Å². The van der Waals surface area contributed by atoms with Gasteiger partial charge in [0, 0.05) is 61.9 Å². The number of nitrogens with one attached hydrogen (secondary N) is 2. The van der Waals surface area contributed by atoms with E-state index < -0.39 is 10.0 Å². The van der Waals surface area contributed by atoms with Crippen molar-refractivity contribution in [1.29, 1.82) is 5.41 Å². The van der Waals surface area contributed by atoms with Crippen molar-refractivity contribution >= 4 is 27.6 Å². The molecule has 2 aromatic carbocycles. The predicted molar refractivity (Wildman–Crippen MR) is 140 cm³/mol. The van der Waals surface area contributed by atoms with E-state index in [9.17, 15) is 12.8 Å². The quantitative estimate of drug-likeness (QED) is 0.452. The Morgan fingerprint density at radius 1 is 1.14 bits per heavy atom. The van der Waals surface area contributed by atoms with Crippen LogP contribution in [0.2, 0.25) is 0 Å². The highest BCUT2D eigenvalue weighted by Crippen LogP contribution is 2.38. The van der Waals surface area contributed by atoms with Gasteiger partial charge in [-0.1, -0.05) is 12.8 Å². The van der Waals surface area contributed by atoms with Crippen LogP contribution in [0.25, 0.3) is 0 Å². The van der Waals surface area contributed by atoms with Crippen LogP contribution in [0.15, 0.2) is 47.6 Å². The van der Waals surface area contributed by atoms with Gasteiger partial charge in [-0.2, -0.15) is 14.2 Å². The molecule has 3 aromatic rings. The topological polar surface area (TPSA) is 107 Å². The second-order valence-corrected chi connectivity index (χ2v) is 11.7. The van der Waals surface area contributed by atoms with E-state index in [1.54, 1.807) is 19.2 Å². The fourth-order valence-corrected chi connectivity index (χ4v) is 6.86. The van der Waals surface area contributed by atoms with Crippen LogP contribution in [0.5, 0.6) is 0 Å². The summed E-state index contributed by atoms with van der Waals surface area (Å²) in [5.74, 6) is -0.311. The maximum atomic E-state index is 13.4. The Morgan fingerprint density at radius 2 is 1.86 bits per heavy atom. The molecule has 5 rings (SSSR count). The van der Waals surface area contributed by atoms with Gasteiger partial charge in [-0.3, -0.25) is 4.90 Å². The molecule has 0 amide bonds. The molecule has 2 N–H and O–H groups in total. The van der Waals surface area contributed by atoms with E-state index in [0.29, 0.717) is 31.2 Å². The number of rotatable bonds is 7. The highest BCUT2D eigenvalue weighted by Gasteiger charge is 2.40. The number of nitrogens with zero attached hydrogens (tertiary/aromatic N) is 5. The van der Waals surface area contributed by atoms with Crippen LogP contribution >= 0.6 is 0 Å². The van der Waals surface area contributed by atoms with Crippen molar-refractivity contribution in [3.63, 3.8) is 0 Å². The van der Waals surface area contributed by atoms with Crippen molar-refractivity contribution in [3.8, 4) is 0 Å². The summed E-state index contributed by atoms with van der Waals surface area (Å²) in [4.78, 5) is 3.71. The van der Waals surface area contributed by atoms with Gasteiger partial charge in [0.1, 0.15) is 5.82 Å². The lowest BCUT2D eigenvalue weighted by Crippen LogP contribution is -2.53. The second kappa shape index (κ2) is 10.3. The molecule has 1 saturated carbocycles. The Bertz CT molecular complexity index is 1380. The van der Waals surface area contributed by atoms with Crippen LogP contribution in [0, 0.1) is 18.2 Å². The summed E-state index contributed by atoms with van der Waals surface area (Å²) >= 11 is 0. The van der Waals surface area contributed by atoms with Crippen LogP contribution in [0.4, 0.5) is 15.8 Å². The normalized spacial score (nSPS) is 19.8. The van der Waals surface area contributed by atoms with E-state index in [2.05, 4.69) is 20.4 Å². The number of piperazine rings is 1. The Balaban J connectivity index is 1.50. The number of anilines is 2. The number of benzene rings is 2. The predicted octanol–water partition coefficient (Wildman–Crippen LogP) is 3.99. The Kier molecular flexibility index (Phi) is 7.11. The second-order valence-electron chi connectivity index (χ2n) is 9.80. The van der Waals surface area contributed by atoms with E-state index in [1.807, 2.05) is 19.1 Å². The monoisotopic (exact) mass is 525 g/mol. The summed E-state index contributed by atoms with van der Waals surface area (Å²) < 4.78 is 41.7. The average molecular weight is 526 g/mol. The number of sulfonamides is 1. The molecule has 1 atom stereocenters. The molecule has 1 aliphatic heterocycles. The molecule has 1 aromatic heterocycles. The van der Waals surface area contributed by atoms with Gasteiger partial charge in [0.25, 0.3) is 10.0 Å². The molecule has 1 saturated heterocycles. The highest BCUT2D eigenvalue weighted by atomic mass is 32.2. The average Bonchev–Trinajstić information content (AvgIpc) is 3.58. The van der Waals surface area contributed by atoms with Gasteiger partial charge < -0.3 is 10.7 Å². The van der Waals surface area contributed by atoms with E-state index in [1.165, 1.54) is 46.5 Å². The first-order valence-electron chi connectivity index (χ1n) is 12.6. The molecule has 0 radical (unpaired) electrons. The summed E-state index contributed by atoms with van der Waals surface area (Å²) in [5.41, 5.74) is 4.17. The molecule has 2 heterocycles. The van der Waals surface area contributed by atoms with Gasteiger partial charge >= 0.3 is 0 Å². The largest absolute Gasteiger partial charge is 0.355 e. The summed E-state index contributed by atoms with van der Waals surface area (Å²) in [6.45, 7) is 3.34. The zero-order valence-electron chi connectivity index (χ0n) is 21.1. The third-order valence-corrected chi connectivity index (χ3v) is 9.16. The van der Waals surface area contributed by atoms with Crippen molar-refractivity contribution in [1.82, 2.24) is 24.2 Å². The first-order valence-corrected chi connectivity index (χ1v) is 14.0. The molecule has 0 unspecified atom stereocenters. The van der Waals surface area contributed by atoms with Crippen molar-refractivity contribution in [3.05, 3.63) is 65.1 Å². The molecule has 2 fully saturated rings. The highest BCUT2D eigenvalue weighted by molar-refractivity contribution is 7.89. The third kappa shape index (κ3) is 5.16. The molecule has 0 spiro atoms. The van der Waals surface area contributed by atoms with E-state index in [4.69, 9.17) is 5.41 Å². The maximum Gasteiger partial charge on any atom is 0.264 e. The molecule has 2 aliphatic rings. The minimum atomic E-state index is -3.79. The number of aryl methyl sites for hydroxylation is 2. The maximum absolute atomic E-state index is 13.4. The fourth-order valence-electron chi connectivity index (χ4n) is 5.54. The summed E-state index contributed by atoms with van der Waals surface area (Å²) in [6.07, 6.45) is 7.16. The zero-order valence-corrected chi connectivity index (χ0v) is 21.9. The molecule has 196 valence electrons. The standard InChI is InChI=1S/C26H32FN7O2S/c1-18-13-24(30-21-9-7-20(27)8-10-21)19(15-28)14-23(18)25-17-33(11-12-34(25)22-5-3-4-6-22)37(35,36)26-16-29-32(2)31-26/h7-10,13-16,22,25,28,30H,3-6,11-12,17H2,1-2H3/t25-/m1/s1. The number of aromatic nitrogens is 3. The molecular weight excluding hydrogens is 493 g/mol.